The highest BCUT2D eigenvalue weighted by molar-refractivity contribution is 6.39. The van der Waals surface area contributed by atoms with Crippen molar-refractivity contribution in [2.45, 2.75) is 13.8 Å². The summed E-state index contributed by atoms with van der Waals surface area (Å²) in [7, 11) is 0. The van der Waals surface area contributed by atoms with Crippen LogP contribution in [0.2, 0.25) is 10.0 Å². The molecule has 1 aromatic carbocycles. The van der Waals surface area contributed by atoms with Gasteiger partial charge in [0.1, 0.15) is 11.3 Å². The Kier molecular flexibility index (Phi) is 6.01. The predicted octanol–water partition coefficient (Wildman–Crippen LogP) is 3.71. The van der Waals surface area contributed by atoms with Gasteiger partial charge in [-0.1, -0.05) is 28.4 Å². The Morgan fingerprint density at radius 3 is 2.64 bits per heavy atom. The van der Waals surface area contributed by atoms with E-state index < -0.39 is 25.1 Å². The second kappa shape index (κ2) is 8.45. The second-order valence-corrected chi connectivity index (χ2v) is 6.65. The number of fused-ring (bicyclic) bond motifs is 1. The van der Waals surface area contributed by atoms with Crippen molar-refractivity contribution >= 4 is 51.8 Å². The van der Waals surface area contributed by atoms with E-state index in [1.165, 1.54) is 12.1 Å². The number of hydrogen-bond donors (Lipinski definition) is 1. The summed E-state index contributed by atoms with van der Waals surface area (Å²) in [4.78, 5) is 28.0. The molecule has 0 spiro atoms. The molecule has 0 radical (unpaired) electrons. The molecule has 1 N–H and O–H groups in total. The van der Waals surface area contributed by atoms with Crippen LogP contribution in [0.4, 0.5) is 5.82 Å². The van der Waals surface area contributed by atoms with E-state index >= 15 is 0 Å². The first-order valence-electron chi connectivity index (χ1n) is 8.10. The van der Waals surface area contributed by atoms with Crippen LogP contribution in [0.3, 0.4) is 0 Å². The number of nitrogens with zero attached hydrogens (tertiary/aromatic N) is 2. The van der Waals surface area contributed by atoms with E-state index in [1.807, 2.05) is 0 Å². The molecule has 146 valence electrons. The molecule has 0 saturated heterocycles. The molecule has 8 nitrogen and oxygen atoms in total. The third-order valence-corrected chi connectivity index (χ3v) is 4.16. The zero-order chi connectivity index (χ0) is 20.3. The van der Waals surface area contributed by atoms with Crippen LogP contribution < -0.4 is 10.1 Å². The summed E-state index contributed by atoms with van der Waals surface area (Å²) in [6.45, 7) is 2.53. The van der Waals surface area contributed by atoms with Crippen LogP contribution in [0.1, 0.15) is 11.5 Å². The summed E-state index contributed by atoms with van der Waals surface area (Å²) >= 11 is 12.4. The molecule has 3 rings (SSSR count). The molecule has 0 aliphatic carbocycles. The minimum atomic E-state index is -0.752. The van der Waals surface area contributed by atoms with Gasteiger partial charge in [0.25, 0.3) is 5.91 Å². The third-order valence-electron chi connectivity index (χ3n) is 3.57. The number of esters is 1. The molecule has 2 aromatic heterocycles. The highest BCUT2D eigenvalue weighted by atomic mass is 35.5. The van der Waals surface area contributed by atoms with Gasteiger partial charge in [-0.15, -0.1) is 0 Å². The molecule has 2 heterocycles. The number of carbonyl (C=O) groups excluding carboxylic acids is 2. The number of hydrogen-bond acceptors (Lipinski definition) is 7. The highest BCUT2D eigenvalue weighted by Crippen LogP contribution is 2.37. The fraction of sp³-hybridized carbons (Fsp3) is 0.222. The van der Waals surface area contributed by atoms with E-state index in [4.69, 9.17) is 37.2 Å². The summed E-state index contributed by atoms with van der Waals surface area (Å²) in [6.07, 6.45) is 0. The normalized spacial score (nSPS) is 10.7. The number of carbonyl (C=O) groups is 2. The predicted molar refractivity (Wildman–Crippen MR) is 103 cm³/mol. The number of ether oxygens (including phenoxy) is 2. The van der Waals surface area contributed by atoms with E-state index in [9.17, 15) is 9.59 Å². The van der Waals surface area contributed by atoms with Crippen LogP contribution in [0, 0.1) is 13.8 Å². The van der Waals surface area contributed by atoms with Crippen molar-refractivity contribution in [2.75, 3.05) is 18.5 Å². The molecule has 28 heavy (non-hydrogen) atoms. The number of anilines is 1. The Bertz CT molecular complexity index is 1050. The maximum absolute atomic E-state index is 11.9. The Labute approximate surface area is 169 Å². The minimum absolute atomic E-state index is 0.211. The lowest BCUT2D eigenvalue weighted by Gasteiger charge is -2.12. The van der Waals surface area contributed by atoms with E-state index in [0.29, 0.717) is 21.7 Å². The minimum Gasteiger partial charge on any atom is -0.478 e. The van der Waals surface area contributed by atoms with Gasteiger partial charge in [0.15, 0.2) is 24.8 Å². The number of benzene rings is 1. The van der Waals surface area contributed by atoms with Crippen LogP contribution >= 0.6 is 23.2 Å². The Balaban J connectivity index is 1.60. The Hall–Kier alpha value is -2.84. The molecule has 0 bridgehead atoms. The zero-order valence-electron chi connectivity index (χ0n) is 14.9. The number of aromatic nitrogens is 2. The number of pyridine rings is 1. The molecule has 0 fully saturated rings. The van der Waals surface area contributed by atoms with Crippen LogP contribution in [0.5, 0.6) is 5.75 Å². The van der Waals surface area contributed by atoms with Crippen LogP contribution in [0.25, 0.3) is 10.9 Å². The van der Waals surface area contributed by atoms with Gasteiger partial charge in [0, 0.05) is 17.1 Å². The molecule has 0 atom stereocenters. The van der Waals surface area contributed by atoms with Crippen LogP contribution in [0.15, 0.2) is 28.8 Å². The zero-order valence-corrected chi connectivity index (χ0v) is 16.4. The molecule has 0 saturated carbocycles. The van der Waals surface area contributed by atoms with Gasteiger partial charge in [0.05, 0.1) is 10.0 Å². The van der Waals surface area contributed by atoms with Gasteiger partial charge < -0.3 is 19.3 Å². The van der Waals surface area contributed by atoms with Crippen molar-refractivity contribution in [1.29, 1.82) is 0 Å². The second-order valence-electron chi connectivity index (χ2n) is 5.84. The molecule has 0 aliphatic heterocycles. The number of halogens is 2. The average molecular weight is 424 g/mol. The van der Waals surface area contributed by atoms with E-state index in [1.54, 1.807) is 26.0 Å². The van der Waals surface area contributed by atoms with E-state index in [0.717, 1.165) is 5.69 Å². The smallest absolute Gasteiger partial charge is 0.344 e. The summed E-state index contributed by atoms with van der Waals surface area (Å²) < 4.78 is 15.2. The molecular formula is C18H15Cl2N3O5. The first-order valence-corrected chi connectivity index (χ1v) is 8.86. The largest absolute Gasteiger partial charge is 0.478 e. The number of aryl methyl sites for hydroxylation is 2. The van der Waals surface area contributed by atoms with E-state index in [2.05, 4.69) is 15.5 Å². The van der Waals surface area contributed by atoms with Crippen molar-refractivity contribution in [2.24, 2.45) is 0 Å². The van der Waals surface area contributed by atoms with Gasteiger partial charge >= 0.3 is 5.97 Å². The fourth-order valence-electron chi connectivity index (χ4n) is 2.35. The van der Waals surface area contributed by atoms with Gasteiger partial charge in [-0.3, -0.25) is 4.79 Å². The molecule has 1 amide bonds. The SMILES string of the molecule is Cc1ccc2c(Cl)cc(Cl)c(OCC(=O)OCC(=O)Nc3cc(C)on3)c2n1. The first-order chi connectivity index (χ1) is 13.3. The molecular weight excluding hydrogens is 409 g/mol. The van der Waals surface area contributed by atoms with Gasteiger partial charge in [-0.2, -0.15) is 0 Å². The lowest BCUT2D eigenvalue weighted by Crippen LogP contribution is -2.23. The average Bonchev–Trinajstić information content (AvgIpc) is 3.04. The molecule has 10 heteroatoms. The first kappa shape index (κ1) is 19.9. The number of rotatable bonds is 6. The summed E-state index contributed by atoms with van der Waals surface area (Å²) in [6, 6.07) is 6.63. The standard InChI is InChI=1S/C18H15Cl2N3O5/c1-9-3-4-11-12(19)6-13(20)18(17(11)21-9)27-8-16(25)26-7-15(24)22-14-5-10(2)28-23-14/h3-6H,7-8H2,1-2H3,(H,22,23,24). The van der Waals surface area contributed by atoms with Crippen LogP contribution in [-0.4, -0.2) is 35.2 Å². The quantitative estimate of drug-likeness (QED) is 0.602. The Morgan fingerprint density at radius 2 is 1.93 bits per heavy atom. The third kappa shape index (κ3) is 4.71. The lowest BCUT2D eigenvalue weighted by atomic mass is 10.2. The lowest BCUT2D eigenvalue weighted by molar-refractivity contribution is -0.149. The van der Waals surface area contributed by atoms with Gasteiger partial charge in [-0.05, 0) is 32.0 Å². The van der Waals surface area contributed by atoms with Crippen molar-refractivity contribution in [3.05, 3.63) is 45.8 Å². The van der Waals surface area contributed by atoms with Crippen molar-refractivity contribution in [3.63, 3.8) is 0 Å². The van der Waals surface area contributed by atoms with Crippen molar-refractivity contribution < 1.29 is 23.6 Å². The molecule has 3 aromatic rings. The number of nitrogens with one attached hydrogen (secondary N) is 1. The maximum Gasteiger partial charge on any atom is 0.344 e. The molecule has 0 unspecified atom stereocenters. The topological polar surface area (TPSA) is 104 Å². The summed E-state index contributed by atoms with van der Waals surface area (Å²) in [5.74, 6) is -0.330. The Morgan fingerprint density at radius 1 is 1.14 bits per heavy atom. The monoisotopic (exact) mass is 423 g/mol. The van der Waals surface area contributed by atoms with Crippen molar-refractivity contribution in [3.8, 4) is 5.75 Å². The van der Waals surface area contributed by atoms with Crippen LogP contribution in [-0.2, 0) is 14.3 Å². The van der Waals surface area contributed by atoms with Crippen molar-refractivity contribution in [1.82, 2.24) is 10.1 Å². The number of amides is 1. The molecule has 0 aliphatic rings. The van der Waals surface area contributed by atoms with E-state index in [-0.39, 0.29) is 16.6 Å². The van der Waals surface area contributed by atoms with Gasteiger partial charge in [0.2, 0.25) is 0 Å². The summed E-state index contributed by atoms with van der Waals surface area (Å²) in [5, 5.41) is 7.31. The van der Waals surface area contributed by atoms with Gasteiger partial charge in [-0.25, -0.2) is 9.78 Å². The summed E-state index contributed by atoms with van der Waals surface area (Å²) in [5.41, 5.74) is 1.17. The fourth-order valence-corrected chi connectivity index (χ4v) is 2.92. The highest BCUT2D eigenvalue weighted by Gasteiger charge is 2.16. The maximum atomic E-state index is 11.9.